The Morgan fingerprint density at radius 1 is 1.42 bits per heavy atom. The van der Waals surface area contributed by atoms with E-state index in [2.05, 4.69) is 17.6 Å². The Hall–Kier alpha value is -0.370. The second-order valence-corrected chi connectivity index (χ2v) is 4.41. The third kappa shape index (κ3) is 1.53. The van der Waals surface area contributed by atoms with E-state index in [4.69, 9.17) is 0 Å². The van der Waals surface area contributed by atoms with Gasteiger partial charge in [-0.2, -0.15) is 0 Å². The molecule has 1 saturated carbocycles. The van der Waals surface area contributed by atoms with Gasteiger partial charge < -0.3 is 0 Å². The van der Waals surface area contributed by atoms with Crippen molar-refractivity contribution in [2.75, 3.05) is 0 Å². The summed E-state index contributed by atoms with van der Waals surface area (Å²) in [6.07, 6.45) is 7.47. The summed E-state index contributed by atoms with van der Waals surface area (Å²) in [6.45, 7) is 2.13. The lowest BCUT2D eigenvalue weighted by Gasteiger charge is -2.17. The molecule has 2 rings (SSSR count). The van der Waals surface area contributed by atoms with Crippen LogP contribution in [0.3, 0.4) is 0 Å². The van der Waals surface area contributed by atoms with E-state index in [1.54, 1.807) is 0 Å². The van der Waals surface area contributed by atoms with E-state index in [1.165, 1.54) is 36.3 Å². The van der Waals surface area contributed by atoms with E-state index in [0.717, 1.165) is 5.92 Å². The highest BCUT2D eigenvalue weighted by atomic mass is 32.2. The molecular formula is C10H14NS. The Kier molecular flexibility index (Phi) is 2.45. The van der Waals surface area contributed by atoms with Crippen molar-refractivity contribution in [3.05, 3.63) is 22.2 Å². The second-order valence-electron chi connectivity index (χ2n) is 3.46. The number of hydrogen-bond acceptors (Lipinski definition) is 1. The van der Waals surface area contributed by atoms with Gasteiger partial charge in [0, 0.05) is 16.8 Å². The molecule has 0 bridgehead atoms. The van der Waals surface area contributed by atoms with Crippen LogP contribution in [-0.4, -0.2) is 0 Å². The first-order valence-electron chi connectivity index (χ1n) is 4.61. The minimum absolute atomic E-state index is 0.823. The number of rotatable bonds is 1. The smallest absolute Gasteiger partial charge is 0.0473 e. The van der Waals surface area contributed by atoms with Crippen LogP contribution in [0, 0.1) is 5.92 Å². The van der Waals surface area contributed by atoms with Gasteiger partial charge in [-0.25, -0.2) is 0 Å². The molecule has 0 unspecified atom stereocenters. The topological polar surface area (TPSA) is 14.1 Å². The lowest BCUT2D eigenvalue weighted by atomic mass is 10.1. The first-order chi connectivity index (χ1) is 5.88. The summed E-state index contributed by atoms with van der Waals surface area (Å²) in [5.74, 6) is 0.823. The van der Waals surface area contributed by atoms with Gasteiger partial charge in [0.2, 0.25) is 0 Å². The highest BCUT2D eigenvalue weighted by molar-refractivity contribution is 8.05. The largest absolute Gasteiger partial charge is 0.260 e. The van der Waals surface area contributed by atoms with Crippen molar-refractivity contribution in [1.82, 2.24) is 5.32 Å². The van der Waals surface area contributed by atoms with Gasteiger partial charge in [-0.15, -0.1) is 0 Å². The predicted octanol–water partition coefficient (Wildman–Crippen LogP) is 3.23. The van der Waals surface area contributed by atoms with E-state index in [1.807, 2.05) is 18.0 Å². The Labute approximate surface area is 78.3 Å². The van der Waals surface area contributed by atoms with Crippen LogP contribution in [0.15, 0.2) is 22.2 Å². The summed E-state index contributed by atoms with van der Waals surface area (Å²) in [7, 11) is 0. The van der Waals surface area contributed by atoms with E-state index in [9.17, 15) is 0 Å². The third-order valence-electron chi connectivity index (χ3n) is 2.61. The number of allylic oxidation sites excluding steroid dienone is 2. The van der Waals surface area contributed by atoms with Crippen LogP contribution in [0.1, 0.15) is 32.6 Å². The lowest BCUT2D eigenvalue weighted by Crippen LogP contribution is -2.05. The van der Waals surface area contributed by atoms with Crippen molar-refractivity contribution in [2.24, 2.45) is 5.92 Å². The normalized spacial score (nSPS) is 24.8. The van der Waals surface area contributed by atoms with Crippen molar-refractivity contribution < 1.29 is 0 Å². The molecule has 12 heavy (non-hydrogen) atoms. The fraction of sp³-hybridized carbons (Fsp3) is 0.600. The Bertz CT molecular complexity index is 224. The van der Waals surface area contributed by atoms with Crippen molar-refractivity contribution >= 4 is 11.8 Å². The van der Waals surface area contributed by atoms with Crippen molar-refractivity contribution in [3.63, 3.8) is 0 Å². The van der Waals surface area contributed by atoms with Gasteiger partial charge in [0.1, 0.15) is 0 Å². The van der Waals surface area contributed by atoms with Gasteiger partial charge in [0.25, 0.3) is 0 Å². The lowest BCUT2D eigenvalue weighted by molar-refractivity contribution is 0.662. The fourth-order valence-electron chi connectivity index (χ4n) is 1.97. The third-order valence-corrected chi connectivity index (χ3v) is 3.75. The van der Waals surface area contributed by atoms with Gasteiger partial charge in [-0.1, -0.05) is 24.6 Å². The van der Waals surface area contributed by atoms with Crippen LogP contribution in [0.5, 0.6) is 0 Å². The first-order valence-corrected chi connectivity index (χ1v) is 5.49. The molecule has 1 aliphatic carbocycles. The zero-order chi connectivity index (χ0) is 8.39. The summed E-state index contributed by atoms with van der Waals surface area (Å²) < 4.78 is 0. The average Bonchev–Trinajstić information content (AvgIpc) is 2.57. The molecule has 1 aliphatic heterocycles. The maximum absolute atomic E-state index is 4.33. The monoisotopic (exact) mass is 180 g/mol. The summed E-state index contributed by atoms with van der Waals surface area (Å²) in [4.78, 5) is 1.52. The van der Waals surface area contributed by atoms with E-state index >= 15 is 0 Å². The fourth-order valence-corrected chi connectivity index (χ4v) is 2.89. The molecule has 0 atom stereocenters. The van der Waals surface area contributed by atoms with Crippen LogP contribution in [0.2, 0.25) is 0 Å². The molecule has 0 saturated heterocycles. The highest BCUT2D eigenvalue weighted by Crippen LogP contribution is 2.40. The zero-order valence-corrected chi connectivity index (χ0v) is 8.23. The Morgan fingerprint density at radius 2 is 2.17 bits per heavy atom. The minimum atomic E-state index is 0.823. The Balaban J connectivity index is 2.09. The summed E-state index contributed by atoms with van der Waals surface area (Å²) in [5.41, 5.74) is 1.24. The maximum Gasteiger partial charge on any atom is 0.0473 e. The van der Waals surface area contributed by atoms with Gasteiger partial charge >= 0.3 is 0 Å². The molecule has 0 aromatic rings. The molecule has 0 aromatic carbocycles. The van der Waals surface area contributed by atoms with Crippen LogP contribution in [0.4, 0.5) is 0 Å². The molecule has 65 valence electrons. The van der Waals surface area contributed by atoms with Gasteiger partial charge in [0.15, 0.2) is 0 Å². The molecule has 0 spiro atoms. The molecule has 1 fully saturated rings. The van der Waals surface area contributed by atoms with Crippen LogP contribution in [0.25, 0.3) is 0 Å². The first kappa shape index (κ1) is 8.24. The molecule has 0 N–H and O–H groups in total. The number of hydrogen-bond donors (Lipinski definition) is 0. The van der Waals surface area contributed by atoms with Crippen LogP contribution < -0.4 is 5.32 Å². The molecule has 0 aromatic heterocycles. The average molecular weight is 180 g/mol. The molecule has 1 nitrogen and oxygen atoms in total. The van der Waals surface area contributed by atoms with Crippen molar-refractivity contribution in [1.29, 1.82) is 0 Å². The highest BCUT2D eigenvalue weighted by Gasteiger charge is 2.22. The quantitative estimate of drug-likeness (QED) is 0.604. The minimum Gasteiger partial charge on any atom is -0.260 e. The van der Waals surface area contributed by atoms with Crippen LogP contribution >= 0.6 is 11.8 Å². The molecular weight excluding hydrogens is 166 g/mol. The molecule has 0 amide bonds. The summed E-state index contributed by atoms with van der Waals surface area (Å²) >= 11 is 1.87. The SMILES string of the molecule is CC1=C(C2CCCC2)SC=C[N]1. The van der Waals surface area contributed by atoms with Crippen molar-refractivity contribution in [3.8, 4) is 0 Å². The number of thioether (sulfide) groups is 1. The maximum atomic E-state index is 4.33. The van der Waals surface area contributed by atoms with Gasteiger partial charge in [0.05, 0.1) is 0 Å². The van der Waals surface area contributed by atoms with Gasteiger partial charge in [-0.3, -0.25) is 5.32 Å². The second kappa shape index (κ2) is 3.56. The standard InChI is InChI=1S/C10H14NS/c1-8-10(12-7-6-11-8)9-4-2-3-5-9/h6-7,9H,2-5H2,1H3. The number of nitrogens with zero attached hydrogens (tertiary/aromatic N) is 1. The molecule has 2 heteroatoms. The summed E-state index contributed by atoms with van der Waals surface area (Å²) in [6, 6.07) is 0. The van der Waals surface area contributed by atoms with Crippen LogP contribution in [-0.2, 0) is 0 Å². The zero-order valence-electron chi connectivity index (χ0n) is 7.42. The predicted molar refractivity (Wildman–Crippen MR) is 53.5 cm³/mol. The molecule has 1 heterocycles. The van der Waals surface area contributed by atoms with Crippen molar-refractivity contribution in [2.45, 2.75) is 32.6 Å². The van der Waals surface area contributed by atoms with E-state index in [-0.39, 0.29) is 0 Å². The summed E-state index contributed by atoms with van der Waals surface area (Å²) in [5, 5.41) is 6.43. The van der Waals surface area contributed by atoms with Gasteiger partial charge in [-0.05, 0) is 31.1 Å². The van der Waals surface area contributed by atoms with E-state index < -0.39 is 0 Å². The molecule has 1 radical (unpaired) electrons. The molecule has 2 aliphatic rings. The Morgan fingerprint density at radius 3 is 2.83 bits per heavy atom. The van der Waals surface area contributed by atoms with E-state index in [0.29, 0.717) is 0 Å².